The number of carbonyl (C=O) groups is 2. The average Bonchev–Trinajstić information content (AvgIpc) is 3.31. The summed E-state index contributed by atoms with van der Waals surface area (Å²) in [7, 11) is -3.50. The Bertz CT molecular complexity index is 1370. The molecule has 0 spiro atoms. The van der Waals surface area contributed by atoms with Crippen LogP contribution in [0.2, 0.25) is 0 Å². The van der Waals surface area contributed by atoms with Gasteiger partial charge in [-0.3, -0.25) is 14.0 Å². The zero-order valence-corrected chi connectivity index (χ0v) is 18.9. The van der Waals surface area contributed by atoms with E-state index in [-0.39, 0.29) is 23.0 Å². The van der Waals surface area contributed by atoms with E-state index in [4.69, 9.17) is 4.74 Å². The second-order valence-corrected chi connectivity index (χ2v) is 10.1. The van der Waals surface area contributed by atoms with E-state index in [1.165, 1.54) is 23.5 Å². The highest BCUT2D eigenvalue weighted by atomic mass is 32.2. The van der Waals surface area contributed by atoms with Crippen molar-refractivity contribution < 1.29 is 22.7 Å². The minimum Gasteiger partial charge on any atom is -0.466 e. The first-order chi connectivity index (χ1) is 15.4. The van der Waals surface area contributed by atoms with Gasteiger partial charge in [-0.25, -0.2) is 13.4 Å². The number of sulfone groups is 1. The number of rotatable bonds is 8. The number of carbonyl (C=O) groups excluding carboxylic acids is 2. The zero-order valence-electron chi connectivity index (χ0n) is 17.2. The van der Waals surface area contributed by atoms with Gasteiger partial charge < -0.3 is 4.74 Å². The number of ether oxygens (including phenoxy) is 1. The average molecular weight is 469 g/mol. The van der Waals surface area contributed by atoms with Crippen LogP contribution in [0.25, 0.3) is 16.2 Å². The van der Waals surface area contributed by atoms with E-state index in [0.29, 0.717) is 40.4 Å². The van der Waals surface area contributed by atoms with Crippen LogP contribution >= 0.6 is 11.3 Å². The first-order valence-electron chi connectivity index (χ1n) is 9.90. The topological polar surface area (TPSA) is 94.8 Å². The molecule has 0 aliphatic rings. The molecule has 7 nitrogen and oxygen atoms in total. The zero-order chi connectivity index (χ0) is 22.7. The Labute approximate surface area is 189 Å². The van der Waals surface area contributed by atoms with Crippen LogP contribution < -0.4 is 0 Å². The van der Waals surface area contributed by atoms with Crippen molar-refractivity contribution in [1.82, 2.24) is 9.38 Å². The van der Waals surface area contributed by atoms with Crippen molar-refractivity contribution in [2.75, 3.05) is 6.61 Å². The van der Waals surface area contributed by atoms with Crippen LogP contribution in [0.5, 0.6) is 0 Å². The molecule has 0 bridgehead atoms. The summed E-state index contributed by atoms with van der Waals surface area (Å²) >= 11 is 1.30. The van der Waals surface area contributed by atoms with E-state index in [0.717, 1.165) is 4.88 Å². The van der Waals surface area contributed by atoms with Gasteiger partial charge in [0.2, 0.25) is 0 Å². The molecule has 0 fully saturated rings. The van der Waals surface area contributed by atoms with Crippen molar-refractivity contribution in [3.8, 4) is 11.3 Å². The fraction of sp³-hybridized carbons (Fsp3) is 0.174. The van der Waals surface area contributed by atoms with Crippen LogP contribution in [0.15, 0.2) is 65.7 Å². The molecule has 2 aromatic heterocycles. The van der Waals surface area contributed by atoms with Gasteiger partial charge in [0.15, 0.2) is 21.1 Å². The summed E-state index contributed by atoms with van der Waals surface area (Å²) in [6.07, 6.45) is 2.52. The SMILES string of the molecule is CCOC(=O)Cc1cn2c(C=O)c(-c3ccc(S(=O)(=O)Cc4ccccc4)cc3)nc2s1. The molecule has 0 radical (unpaired) electrons. The maximum absolute atomic E-state index is 12.7. The molecule has 4 aromatic rings. The first-order valence-corrected chi connectivity index (χ1v) is 12.4. The van der Waals surface area contributed by atoms with Gasteiger partial charge in [-0.2, -0.15) is 0 Å². The quantitative estimate of drug-likeness (QED) is 0.287. The summed E-state index contributed by atoms with van der Waals surface area (Å²) in [6.45, 7) is 2.05. The van der Waals surface area contributed by atoms with Crippen LogP contribution in [-0.2, 0) is 31.5 Å². The monoisotopic (exact) mass is 468 g/mol. The lowest BCUT2D eigenvalue weighted by Gasteiger charge is -2.06. The predicted molar refractivity (Wildman–Crippen MR) is 122 cm³/mol. The normalized spacial score (nSPS) is 11.5. The highest BCUT2D eigenvalue weighted by Crippen LogP contribution is 2.29. The van der Waals surface area contributed by atoms with E-state index < -0.39 is 9.84 Å². The number of aldehydes is 1. The highest BCUT2D eigenvalue weighted by Gasteiger charge is 2.19. The number of hydrogen-bond donors (Lipinski definition) is 0. The molecule has 0 N–H and O–H groups in total. The third kappa shape index (κ3) is 4.49. The Kier molecular flexibility index (Phi) is 6.20. The molecule has 32 heavy (non-hydrogen) atoms. The first kappa shape index (κ1) is 21.9. The molecule has 2 aromatic carbocycles. The van der Waals surface area contributed by atoms with Crippen LogP contribution in [-0.4, -0.2) is 36.7 Å². The summed E-state index contributed by atoms with van der Waals surface area (Å²) in [5.74, 6) is -0.423. The Balaban J connectivity index is 1.61. The minimum absolute atomic E-state index is 0.0871. The molecule has 4 rings (SSSR count). The van der Waals surface area contributed by atoms with E-state index in [2.05, 4.69) is 4.98 Å². The highest BCUT2D eigenvalue weighted by molar-refractivity contribution is 7.90. The Morgan fingerprint density at radius 3 is 2.50 bits per heavy atom. The lowest BCUT2D eigenvalue weighted by molar-refractivity contribution is -0.142. The number of esters is 1. The second-order valence-electron chi connectivity index (χ2n) is 7.06. The lowest BCUT2D eigenvalue weighted by atomic mass is 10.1. The Hall–Kier alpha value is -3.30. The fourth-order valence-electron chi connectivity index (χ4n) is 3.37. The molecule has 0 aliphatic heterocycles. The van der Waals surface area contributed by atoms with Crippen molar-refractivity contribution in [3.05, 3.63) is 76.9 Å². The van der Waals surface area contributed by atoms with Gasteiger partial charge in [-0.05, 0) is 24.6 Å². The third-order valence-corrected chi connectivity index (χ3v) is 7.52. The van der Waals surface area contributed by atoms with Crippen LogP contribution in [0.1, 0.15) is 27.9 Å². The van der Waals surface area contributed by atoms with Crippen molar-refractivity contribution in [2.45, 2.75) is 24.0 Å². The molecular formula is C23H20N2O5S2. The van der Waals surface area contributed by atoms with Gasteiger partial charge in [-0.1, -0.05) is 42.5 Å². The van der Waals surface area contributed by atoms with Crippen LogP contribution in [0.4, 0.5) is 0 Å². The summed E-state index contributed by atoms with van der Waals surface area (Å²) < 4.78 is 32.1. The second kappa shape index (κ2) is 9.05. The molecular weight excluding hydrogens is 448 g/mol. The van der Waals surface area contributed by atoms with Crippen molar-refractivity contribution in [3.63, 3.8) is 0 Å². The van der Waals surface area contributed by atoms with Gasteiger partial charge in [0.25, 0.3) is 0 Å². The molecule has 0 saturated heterocycles. The van der Waals surface area contributed by atoms with Crippen molar-refractivity contribution in [1.29, 1.82) is 0 Å². The Morgan fingerprint density at radius 2 is 1.84 bits per heavy atom. The number of benzene rings is 2. The molecule has 164 valence electrons. The molecule has 2 heterocycles. The molecule has 0 aliphatic carbocycles. The number of aromatic nitrogens is 2. The largest absolute Gasteiger partial charge is 0.466 e. The molecule has 9 heteroatoms. The Morgan fingerprint density at radius 1 is 1.12 bits per heavy atom. The lowest BCUT2D eigenvalue weighted by Crippen LogP contribution is -2.06. The number of imidazole rings is 1. The molecule has 0 amide bonds. The number of hydrogen-bond acceptors (Lipinski definition) is 7. The molecule has 0 unspecified atom stereocenters. The fourth-order valence-corrected chi connectivity index (χ4v) is 5.68. The van der Waals surface area contributed by atoms with Crippen molar-refractivity contribution in [2.24, 2.45) is 0 Å². The summed E-state index contributed by atoms with van der Waals surface area (Å²) in [4.78, 5) is 29.6. The van der Waals surface area contributed by atoms with Crippen LogP contribution in [0, 0.1) is 0 Å². The van der Waals surface area contributed by atoms with Gasteiger partial charge in [0.1, 0.15) is 11.4 Å². The van der Waals surface area contributed by atoms with Gasteiger partial charge in [0, 0.05) is 16.6 Å². The molecule has 0 atom stereocenters. The van der Waals surface area contributed by atoms with E-state index in [9.17, 15) is 18.0 Å². The third-order valence-electron chi connectivity index (χ3n) is 4.83. The summed E-state index contributed by atoms with van der Waals surface area (Å²) in [5, 5.41) is 0. The van der Waals surface area contributed by atoms with E-state index >= 15 is 0 Å². The van der Waals surface area contributed by atoms with Gasteiger partial charge in [0.05, 0.1) is 23.7 Å². The number of fused-ring (bicyclic) bond motifs is 1. The van der Waals surface area contributed by atoms with Gasteiger partial charge in [-0.15, -0.1) is 11.3 Å². The summed E-state index contributed by atoms with van der Waals surface area (Å²) in [6, 6.07) is 15.4. The van der Waals surface area contributed by atoms with E-state index in [1.54, 1.807) is 53.9 Å². The maximum Gasteiger partial charge on any atom is 0.311 e. The minimum atomic E-state index is -3.50. The number of nitrogens with zero attached hydrogens (tertiary/aromatic N) is 2. The number of thiazole rings is 1. The van der Waals surface area contributed by atoms with Gasteiger partial charge >= 0.3 is 5.97 Å². The summed E-state index contributed by atoms with van der Waals surface area (Å²) in [5.41, 5.74) is 2.15. The van der Waals surface area contributed by atoms with E-state index in [1.807, 2.05) is 6.07 Å². The maximum atomic E-state index is 12.7. The molecule has 0 saturated carbocycles. The standard InChI is InChI=1S/C23H20N2O5S2/c1-2-30-21(27)12-18-13-25-20(14-26)22(24-23(25)31-18)17-8-10-19(11-9-17)32(28,29)15-16-6-4-3-5-7-16/h3-11,13-14H,2,12,15H2,1H3. The van der Waals surface area contributed by atoms with Crippen LogP contribution in [0.3, 0.4) is 0 Å². The predicted octanol–water partition coefficient (Wildman–Crippen LogP) is 3.95. The smallest absolute Gasteiger partial charge is 0.311 e. The van der Waals surface area contributed by atoms with Crippen molar-refractivity contribution >= 4 is 38.4 Å².